The Bertz CT molecular complexity index is 1080. The van der Waals surface area contributed by atoms with E-state index in [2.05, 4.69) is 35.2 Å². The van der Waals surface area contributed by atoms with Crippen LogP contribution < -0.4 is 9.47 Å². The van der Waals surface area contributed by atoms with E-state index in [1.165, 1.54) is 5.56 Å². The minimum absolute atomic E-state index is 0.147. The number of amides is 1. The second kappa shape index (κ2) is 11.0. The smallest absolute Gasteiger partial charge is 0.227 e. The fourth-order valence-corrected chi connectivity index (χ4v) is 4.32. The maximum atomic E-state index is 12.9. The van der Waals surface area contributed by atoms with Crippen LogP contribution in [0, 0.1) is 0 Å². The van der Waals surface area contributed by atoms with Crippen molar-refractivity contribution in [2.75, 3.05) is 39.9 Å². The molecule has 1 heterocycles. The van der Waals surface area contributed by atoms with Crippen LogP contribution in [-0.4, -0.2) is 55.6 Å². The van der Waals surface area contributed by atoms with Gasteiger partial charge in [0.05, 0.1) is 13.5 Å². The van der Waals surface area contributed by atoms with Crippen LogP contribution >= 0.6 is 0 Å². The van der Waals surface area contributed by atoms with Crippen molar-refractivity contribution in [2.45, 2.75) is 19.9 Å². The summed E-state index contributed by atoms with van der Waals surface area (Å²) in [6, 6.07) is 24.5. The topological polar surface area (TPSA) is 42.0 Å². The van der Waals surface area contributed by atoms with Crippen molar-refractivity contribution in [3.8, 4) is 22.6 Å². The summed E-state index contributed by atoms with van der Waals surface area (Å²) in [4.78, 5) is 17.2. The molecule has 0 fully saturated rings. The van der Waals surface area contributed by atoms with Crippen molar-refractivity contribution in [3.05, 3.63) is 83.9 Å². The number of rotatable bonds is 5. The van der Waals surface area contributed by atoms with Crippen LogP contribution in [0.25, 0.3) is 11.1 Å². The molecule has 0 unspecified atom stereocenters. The summed E-state index contributed by atoms with van der Waals surface area (Å²) in [5.41, 5.74) is 4.40. The van der Waals surface area contributed by atoms with Gasteiger partial charge < -0.3 is 14.4 Å². The lowest BCUT2D eigenvalue weighted by molar-refractivity contribution is -0.130. The molecule has 5 nitrogen and oxygen atoms in total. The van der Waals surface area contributed by atoms with Crippen molar-refractivity contribution in [3.63, 3.8) is 0 Å². The van der Waals surface area contributed by atoms with Crippen LogP contribution in [0.15, 0.2) is 72.8 Å². The van der Waals surface area contributed by atoms with Crippen molar-refractivity contribution in [1.29, 1.82) is 0 Å². The third-order valence-electron chi connectivity index (χ3n) is 6.15. The first kappa shape index (κ1) is 22.9. The Labute approximate surface area is 196 Å². The molecule has 0 aliphatic carbocycles. The van der Waals surface area contributed by atoms with Crippen LogP contribution in [0.1, 0.15) is 18.1 Å². The minimum atomic E-state index is 0.147. The van der Waals surface area contributed by atoms with Gasteiger partial charge in [0.2, 0.25) is 5.91 Å². The van der Waals surface area contributed by atoms with E-state index in [0.717, 1.165) is 47.8 Å². The molecule has 0 atom stereocenters. The molecule has 3 aromatic rings. The highest BCUT2D eigenvalue weighted by Gasteiger charge is 2.18. The maximum absolute atomic E-state index is 12.9. The summed E-state index contributed by atoms with van der Waals surface area (Å²) in [5.74, 6) is 1.82. The predicted molar refractivity (Wildman–Crippen MR) is 132 cm³/mol. The fraction of sp³-hybridized carbons (Fsp3) is 0.321. The standard InChI is InChI=1S/C28H32N2O3/c1-3-30-16-15-29(17-18-33-26-13-6-4-10-24(26)20-28(30)31)21-22-9-8-11-23(19-22)25-12-5-7-14-27(25)32-2/h4-14,19H,3,15-18,20-21H2,1-2H3. The number of likely N-dealkylation sites (N-methyl/N-ethyl adjacent to an activating group) is 1. The number of hydrogen-bond acceptors (Lipinski definition) is 4. The van der Waals surface area contributed by atoms with Crippen LogP contribution in [0.5, 0.6) is 11.5 Å². The molecular weight excluding hydrogens is 412 g/mol. The number of para-hydroxylation sites is 2. The van der Waals surface area contributed by atoms with Gasteiger partial charge in [-0.25, -0.2) is 0 Å². The number of benzene rings is 3. The van der Waals surface area contributed by atoms with Crippen molar-refractivity contribution in [1.82, 2.24) is 9.80 Å². The summed E-state index contributed by atoms with van der Waals surface area (Å²) >= 11 is 0. The quantitative estimate of drug-likeness (QED) is 0.575. The van der Waals surface area contributed by atoms with Crippen LogP contribution in [-0.2, 0) is 17.8 Å². The average molecular weight is 445 g/mol. The second-order valence-corrected chi connectivity index (χ2v) is 8.28. The van der Waals surface area contributed by atoms with E-state index < -0.39 is 0 Å². The Morgan fingerprint density at radius 1 is 0.939 bits per heavy atom. The van der Waals surface area contributed by atoms with E-state index in [1.807, 2.05) is 54.3 Å². The Hall–Kier alpha value is -3.31. The number of hydrogen-bond donors (Lipinski definition) is 0. The van der Waals surface area contributed by atoms with Crippen LogP contribution in [0.4, 0.5) is 0 Å². The average Bonchev–Trinajstić information content (AvgIpc) is 2.87. The number of nitrogens with zero attached hydrogens (tertiary/aromatic N) is 2. The predicted octanol–water partition coefficient (Wildman–Crippen LogP) is 4.65. The molecule has 0 spiro atoms. The van der Waals surface area contributed by atoms with E-state index in [1.54, 1.807) is 7.11 Å². The first-order valence-electron chi connectivity index (χ1n) is 11.6. The van der Waals surface area contributed by atoms with Gasteiger partial charge in [-0.1, -0.05) is 54.6 Å². The number of fused-ring (bicyclic) bond motifs is 1. The Balaban J connectivity index is 1.53. The van der Waals surface area contributed by atoms with Crippen molar-refractivity contribution in [2.24, 2.45) is 0 Å². The molecule has 172 valence electrons. The molecule has 0 radical (unpaired) electrons. The van der Waals surface area contributed by atoms with Crippen molar-refractivity contribution >= 4 is 5.91 Å². The number of carbonyl (C=O) groups excluding carboxylic acids is 1. The molecule has 33 heavy (non-hydrogen) atoms. The van der Waals surface area contributed by atoms with Gasteiger partial charge in [0.25, 0.3) is 0 Å². The van der Waals surface area contributed by atoms with E-state index in [9.17, 15) is 4.79 Å². The lowest BCUT2D eigenvalue weighted by Gasteiger charge is -2.26. The largest absolute Gasteiger partial charge is 0.496 e. The Morgan fingerprint density at radius 3 is 2.61 bits per heavy atom. The van der Waals surface area contributed by atoms with Crippen molar-refractivity contribution < 1.29 is 14.3 Å². The highest BCUT2D eigenvalue weighted by Crippen LogP contribution is 2.30. The SMILES string of the molecule is CCN1CCN(Cc2cccc(-c3ccccc3OC)c2)CCOc2ccccc2CC1=O. The zero-order valence-corrected chi connectivity index (χ0v) is 19.5. The number of methoxy groups -OCH3 is 1. The third-order valence-corrected chi connectivity index (χ3v) is 6.15. The van der Waals surface area contributed by atoms with Gasteiger partial charge in [0.15, 0.2) is 0 Å². The summed E-state index contributed by atoms with van der Waals surface area (Å²) < 4.78 is 11.7. The molecule has 5 heteroatoms. The zero-order chi connectivity index (χ0) is 23.0. The van der Waals surface area contributed by atoms with E-state index >= 15 is 0 Å². The van der Waals surface area contributed by atoms with E-state index in [4.69, 9.17) is 9.47 Å². The number of carbonyl (C=O) groups is 1. The van der Waals surface area contributed by atoms with Crippen LogP contribution in [0.3, 0.4) is 0 Å². The van der Waals surface area contributed by atoms with Gasteiger partial charge >= 0.3 is 0 Å². The molecule has 1 aliphatic heterocycles. The van der Waals surface area contributed by atoms with Gasteiger partial charge in [-0.05, 0) is 36.2 Å². The van der Waals surface area contributed by atoms with Gasteiger partial charge in [-0.2, -0.15) is 0 Å². The molecule has 0 N–H and O–H groups in total. The van der Waals surface area contributed by atoms with Crippen LogP contribution in [0.2, 0.25) is 0 Å². The van der Waals surface area contributed by atoms with Gasteiger partial charge in [0.1, 0.15) is 18.1 Å². The first-order valence-corrected chi connectivity index (χ1v) is 11.6. The molecule has 0 saturated heterocycles. The third kappa shape index (κ3) is 5.74. The van der Waals surface area contributed by atoms with E-state index in [0.29, 0.717) is 26.1 Å². The minimum Gasteiger partial charge on any atom is -0.496 e. The number of ether oxygens (including phenoxy) is 2. The highest BCUT2D eigenvalue weighted by atomic mass is 16.5. The molecule has 0 bridgehead atoms. The summed E-state index contributed by atoms with van der Waals surface area (Å²) in [5, 5.41) is 0. The Kier molecular flexibility index (Phi) is 7.63. The second-order valence-electron chi connectivity index (χ2n) is 8.28. The summed E-state index contributed by atoms with van der Waals surface area (Å²) in [6.45, 7) is 6.43. The maximum Gasteiger partial charge on any atom is 0.227 e. The molecule has 1 amide bonds. The van der Waals surface area contributed by atoms with Gasteiger partial charge in [-0.3, -0.25) is 9.69 Å². The zero-order valence-electron chi connectivity index (χ0n) is 19.5. The first-order chi connectivity index (χ1) is 16.2. The molecule has 0 aromatic heterocycles. The molecule has 3 aromatic carbocycles. The summed E-state index contributed by atoms with van der Waals surface area (Å²) in [6.07, 6.45) is 0.380. The Morgan fingerprint density at radius 2 is 1.76 bits per heavy atom. The molecule has 0 saturated carbocycles. The van der Waals surface area contributed by atoms with Gasteiger partial charge in [-0.15, -0.1) is 0 Å². The molecule has 4 rings (SSSR count). The summed E-state index contributed by atoms with van der Waals surface area (Å²) in [7, 11) is 1.70. The molecule has 1 aliphatic rings. The van der Waals surface area contributed by atoms with Gasteiger partial charge in [0, 0.05) is 43.9 Å². The lowest BCUT2D eigenvalue weighted by atomic mass is 10.0. The normalized spacial score (nSPS) is 15.3. The lowest BCUT2D eigenvalue weighted by Crippen LogP contribution is -2.39. The monoisotopic (exact) mass is 444 g/mol. The fourth-order valence-electron chi connectivity index (χ4n) is 4.32. The highest BCUT2D eigenvalue weighted by molar-refractivity contribution is 5.79. The van der Waals surface area contributed by atoms with E-state index in [-0.39, 0.29) is 5.91 Å². The molecular formula is C28H32N2O3.